The fraction of sp³-hybridized carbons (Fsp3) is 0.423. The zero-order valence-corrected chi connectivity index (χ0v) is 19.0. The molecule has 1 saturated carbocycles. The van der Waals surface area contributed by atoms with Crippen LogP contribution in [-0.2, 0) is 11.4 Å². The van der Waals surface area contributed by atoms with E-state index in [0.717, 1.165) is 47.6 Å². The standard InChI is InChI=1S/C26H31N3O4/c1-31-23-12-11-20(15-24(23)32-21-9-5-6-10-21)22-16-26(33-28-22)13-14-29(18-26)25(30)27-17-19-7-3-2-4-8-19/h2-4,7-8,11-12,15-16,21,28H,5-6,9-10,13-14,17-18H2,1H3,(H,27,30). The van der Waals surface area contributed by atoms with Gasteiger partial charge in [0.25, 0.3) is 0 Å². The molecule has 1 saturated heterocycles. The van der Waals surface area contributed by atoms with Crippen molar-refractivity contribution in [1.82, 2.24) is 15.7 Å². The lowest BCUT2D eigenvalue weighted by atomic mass is 10.0. The third-order valence-electron chi connectivity index (χ3n) is 6.68. The molecule has 2 amide bonds. The van der Waals surface area contributed by atoms with Crippen molar-refractivity contribution in [2.45, 2.75) is 50.4 Å². The Labute approximate surface area is 194 Å². The van der Waals surface area contributed by atoms with Crippen molar-refractivity contribution in [2.24, 2.45) is 0 Å². The number of nitrogens with one attached hydrogen (secondary N) is 2. The van der Waals surface area contributed by atoms with Gasteiger partial charge in [0.1, 0.15) is 5.60 Å². The van der Waals surface area contributed by atoms with E-state index in [4.69, 9.17) is 14.3 Å². The van der Waals surface area contributed by atoms with Crippen molar-refractivity contribution >= 4 is 11.7 Å². The topological polar surface area (TPSA) is 72.1 Å². The first-order valence-electron chi connectivity index (χ1n) is 11.7. The number of nitrogens with zero attached hydrogens (tertiary/aromatic N) is 1. The van der Waals surface area contributed by atoms with Crippen LogP contribution in [0.1, 0.15) is 43.2 Å². The molecule has 5 rings (SSSR count). The summed E-state index contributed by atoms with van der Waals surface area (Å²) in [4.78, 5) is 20.5. The summed E-state index contributed by atoms with van der Waals surface area (Å²) in [5, 5.41) is 3.00. The van der Waals surface area contributed by atoms with Gasteiger partial charge in [-0.1, -0.05) is 30.3 Å². The highest BCUT2D eigenvalue weighted by Gasteiger charge is 2.43. The number of hydrogen-bond donors (Lipinski definition) is 2. The van der Waals surface area contributed by atoms with Crippen LogP contribution in [0.3, 0.4) is 0 Å². The molecule has 0 bridgehead atoms. The van der Waals surface area contributed by atoms with E-state index in [0.29, 0.717) is 19.6 Å². The van der Waals surface area contributed by atoms with Crippen molar-refractivity contribution < 1.29 is 19.1 Å². The molecule has 0 radical (unpaired) electrons. The summed E-state index contributed by atoms with van der Waals surface area (Å²) < 4.78 is 11.8. The zero-order valence-electron chi connectivity index (χ0n) is 19.0. The number of methoxy groups -OCH3 is 1. The second kappa shape index (κ2) is 9.35. The Balaban J connectivity index is 1.25. The van der Waals surface area contributed by atoms with Gasteiger partial charge in [0.15, 0.2) is 11.5 Å². The first-order valence-corrected chi connectivity index (χ1v) is 11.7. The molecule has 2 N–H and O–H groups in total. The number of carbonyl (C=O) groups excluding carboxylic acids is 1. The Morgan fingerprint density at radius 2 is 2.00 bits per heavy atom. The highest BCUT2D eigenvalue weighted by molar-refractivity contribution is 5.75. The maximum Gasteiger partial charge on any atom is 0.317 e. The third kappa shape index (κ3) is 4.78. The number of likely N-dealkylation sites (tertiary alicyclic amines) is 1. The van der Waals surface area contributed by atoms with Crippen LogP contribution in [0.4, 0.5) is 4.79 Å². The molecular weight excluding hydrogens is 418 g/mol. The number of benzene rings is 2. The summed E-state index contributed by atoms with van der Waals surface area (Å²) in [6.45, 7) is 1.66. The molecule has 2 aromatic rings. The van der Waals surface area contributed by atoms with Gasteiger partial charge < -0.3 is 19.7 Å². The molecule has 7 nitrogen and oxygen atoms in total. The normalized spacial score (nSPS) is 22.3. The molecule has 1 atom stereocenters. The van der Waals surface area contributed by atoms with Gasteiger partial charge in [-0.15, -0.1) is 0 Å². The molecule has 33 heavy (non-hydrogen) atoms. The summed E-state index contributed by atoms with van der Waals surface area (Å²) in [5.41, 5.74) is 5.51. The van der Waals surface area contributed by atoms with E-state index in [1.807, 2.05) is 53.4 Å². The van der Waals surface area contributed by atoms with Gasteiger partial charge in [-0.05, 0) is 55.5 Å². The average molecular weight is 450 g/mol. The summed E-state index contributed by atoms with van der Waals surface area (Å²) in [6, 6.07) is 15.8. The predicted octanol–water partition coefficient (Wildman–Crippen LogP) is 4.25. The monoisotopic (exact) mass is 449 g/mol. The van der Waals surface area contributed by atoms with Gasteiger partial charge in [-0.25, -0.2) is 4.79 Å². The Morgan fingerprint density at radius 3 is 2.79 bits per heavy atom. The molecule has 2 fully saturated rings. The molecule has 7 heteroatoms. The quantitative estimate of drug-likeness (QED) is 0.690. The molecule has 3 aliphatic rings. The molecule has 174 valence electrons. The lowest BCUT2D eigenvalue weighted by Gasteiger charge is -2.21. The molecule has 1 unspecified atom stereocenters. The Bertz CT molecular complexity index is 1020. The number of rotatable bonds is 6. The van der Waals surface area contributed by atoms with E-state index in [9.17, 15) is 4.79 Å². The summed E-state index contributed by atoms with van der Waals surface area (Å²) in [5.74, 6) is 1.50. The first-order chi connectivity index (χ1) is 16.1. The van der Waals surface area contributed by atoms with Gasteiger partial charge in [-0.2, -0.15) is 0 Å². The van der Waals surface area contributed by atoms with Crippen molar-refractivity contribution in [3.63, 3.8) is 0 Å². The second-order valence-corrected chi connectivity index (χ2v) is 9.03. The van der Waals surface area contributed by atoms with E-state index < -0.39 is 5.60 Å². The van der Waals surface area contributed by atoms with Crippen molar-refractivity contribution in [1.29, 1.82) is 0 Å². The summed E-state index contributed by atoms with van der Waals surface area (Å²) in [6.07, 6.45) is 7.68. The van der Waals surface area contributed by atoms with Crippen LogP contribution in [-0.4, -0.2) is 42.8 Å². The average Bonchev–Trinajstić information content (AvgIpc) is 3.61. The van der Waals surface area contributed by atoms with Crippen LogP contribution >= 0.6 is 0 Å². The van der Waals surface area contributed by atoms with Crippen molar-refractivity contribution in [2.75, 3.05) is 20.2 Å². The summed E-state index contributed by atoms with van der Waals surface area (Å²) in [7, 11) is 1.66. The number of ether oxygens (including phenoxy) is 2. The number of amides is 2. The third-order valence-corrected chi connectivity index (χ3v) is 6.68. The van der Waals surface area contributed by atoms with Gasteiger partial charge in [0.05, 0.1) is 25.5 Å². The number of urea groups is 1. The number of carbonyl (C=O) groups is 1. The van der Waals surface area contributed by atoms with Crippen LogP contribution in [0.2, 0.25) is 0 Å². The minimum Gasteiger partial charge on any atom is -0.493 e. The lowest BCUT2D eigenvalue weighted by Crippen LogP contribution is -2.41. The van der Waals surface area contributed by atoms with Crippen LogP contribution in [0.25, 0.3) is 5.70 Å². The van der Waals surface area contributed by atoms with Gasteiger partial charge in [0.2, 0.25) is 0 Å². The van der Waals surface area contributed by atoms with Gasteiger partial charge in [-0.3, -0.25) is 10.3 Å². The minimum atomic E-state index is -0.522. The zero-order chi connectivity index (χ0) is 22.7. The van der Waals surface area contributed by atoms with Crippen molar-refractivity contribution in [3.05, 3.63) is 65.7 Å². The fourth-order valence-corrected chi connectivity index (χ4v) is 4.81. The predicted molar refractivity (Wildman–Crippen MR) is 126 cm³/mol. The van der Waals surface area contributed by atoms with Crippen molar-refractivity contribution in [3.8, 4) is 11.5 Å². The minimum absolute atomic E-state index is 0.0714. The molecule has 1 spiro atoms. The molecule has 0 aromatic heterocycles. The molecule has 2 aliphatic heterocycles. The molecular formula is C26H31N3O4. The number of hydroxylamine groups is 1. The Hall–Kier alpha value is -3.19. The molecule has 2 heterocycles. The van der Waals surface area contributed by atoms with E-state index in [1.165, 1.54) is 12.8 Å². The second-order valence-electron chi connectivity index (χ2n) is 9.03. The largest absolute Gasteiger partial charge is 0.493 e. The highest BCUT2D eigenvalue weighted by Crippen LogP contribution is 2.38. The maximum atomic E-state index is 12.7. The van der Waals surface area contributed by atoms with E-state index in [2.05, 4.69) is 16.9 Å². The smallest absolute Gasteiger partial charge is 0.317 e. The highest BCUT2D eigenvalue weighted by atomic mass is 16.7. The lowest BCUT2D eigenvalue weighted by molar-refractivity contribution is -0.0245. The Morgan fingerprint density at radius 1 is 1.18 bits per heavy atom. The number of hydrogen-bond acceptors (Lipinski definition) is 5. The van der Waals surface area contributed by atoms with Crippen LogP contribution in [0, 0.1) is 0 Å². The van der Waals surface area contributed by atoms with Crippen LogP contribution in [0.15, 0.2) is 54.6 Å². The maximum absolute atomic E-state index is 12.7. The van der Waals surface area contributed by atoms with E-state index in [-0.39, 0.29) is 12.1 Å². The van der Waals surface area contributed by atoms with Crippen LogP contribution in [0.5, 0.6) is 11.5 Å². The fourth-order valence-electron chi connectivity index (χ4n) is 4.81. The first kappa shape index (κ1) is 21.6. The van der Waals surface area contributed by atoms with E-state index in [1.54, 1.807) is 7.11 Å². The molecule has 1 aliphatic carbocycles. The van der Waals surface area contributed by atoms with Crippen LogP contribution < -0.4 is 20.3 Å². The SMILES string of the molecule is COc1ccc(C2=CC3(CCN(C(=O)NCc4ccccc4)C3)ON2)cc1OC1CCCC1. The van der Waals surface area contributed by atoms with E-state index >= 15 is 0 Å². The van der Waals surface area contributed by atoms with Gasteiger partial charge >= 0.3 is 6.03 Å². The van der Waals surface area contributed by atoms with Gasteiger partial charge in [0, 0.05) is 25.1 Å². The Kier molecular flexibility index (Phi) is 6.13. The summed E-state index contributed by atoms with van der Waals surface area (Å²) >= 11 is 0. The molecule has 2 aromatic carbocycles.